The average molecular weight is 662 g/mol. The zero-order valence-electron chi connectivity index (χ0n) is 21.0. The van der Waals surface area contributed by atoms with E-state index in [2.05, 4.69) is 59.1 Å². The van der Waals surface area contributed by atoms with Crippen molar-refractivity contribution in [2.45, 2.75) is 27.2 Å². The molecule has 0 spiro atoms. The van der Waals surface area contributed by atoms with Crippen LogP contribution in [0.1, 0.15) is 25.1 Å². The monoisotopic (exact) mass is 662 g/mol. The molecular weight excluding hydrogens is 635 g/mol. The van der Waals surface area contributed by atoms with E-state index in [0.29, 0.717) is 11.6 Å². The number of fused-ring (bicyclic) bond motifs is 3. The summed E-state index contributed by atoms with van der Waals surface area (Å²) in [5, 5.41) is 2.09. The molecule has 0 saturated carbocycles. The minimum atomic E-state index is 0. The van der Waals surface area contributed by atoms with Crippen molar-refractivity contribution in [1.29, 1.82) is 0 Å². The fraction of sp³-hybridized carbons (Fsp3) is 0.156. The Labute approximate surface area is 231 Å². The summed E-state index contributed by atoms with van der Waals surface area (Å²) in [7, 11) is 0. The number of pyridine rings is 3. The van der Waals surface area contributed by atoms with Gasteiger partial charge in [0.25, 0.3) is 0 Å². The van der Waals surface area contributed by atoms with Crippen molar-refractivity contribution in [3.05, 3.63) is 115 Å². The van der Waals surface area contributed by atoms with Gasteiger partial charge in [-0.1, -0.05) is 48.6 Å². The molecule has 0 amide bonds. The molecule has 0 aliphatic carbocycles. The van der Waals surface area contributed by atoms with Crippen molar-refractivity contribution >= 4 is 22.1 Å². The van der Waals surface area contributed by atoms with E-state index < -0.39 is 0 Å². The van der Waals surface area contributed by atoms with E-state index in [4.69, 9.17) is 4.42 Å². The van der Waals surface area contributed by atoms with Crippen molar-refractivity contribution in [2.24, 2.45) is 5.92 Å². The van der Waals surface area contributed by atoms with Crippen molar-refractivity contribution in [3.8, 4) is 22.5 Å². The first-order chi connectivity index (χ1) is 17.6. The number of benzene rings is 2. The number of aryl methyl sites for hydroxylation is 1. The number of aromatic nitrogens is 3. The van der Waals surface area contributed by atoms with Gasteiger partial charge in [0.2, 0.25) is 5.71 Å². The summed E-state index contributed by atoms with van der Waals surface area (Å²) >= 11 is 0. The molecule has 0 fully saturated rings. The van der Waals surface area contributed by atoms with Gasteiger partial charge in [0.05, 0.1) is 5.58 Å². The second-order valence-electron chi connectivity index (χ2n) is 9.14. The van der Waals surface area contributed by atoms with Crippen LogP contribution in [0.25, 0.3) is 44.6 Å². The second kappa shape index (κ2) is 12.1. The average Bonchev–Trinajstić information content (AvgIpc) is 3.27. The zero-order valence-corrected chi connectivity index (χ0v) is 23.4. The van der Waals surface area contributed by atoms with E-state index in [1.807, 2.05) is 73.8 Å². The predicted molar refractivity (Wildman–Crippen MR) is 145 cm³/mol. The third kappa shape index (κ3) is 6.19. The van der Waals surface area contributed by atoms with Crippen LogP contribution in [0.5, 0.6) is 0 Å². The maximum atomic E-state index is 6.06. The largest absolute Gasteiger partial charge is 0.486 e. The molecule has 37 heavy (non-hydrogen) atoms. The molecule has 1 radical (unpaired) electrons. The second-order valence-corrected chi connectivity index (χ2v) is 9.14. The Balaban J connectivity index is 0.000000208. The molecule has 0 aliphatic heterocycles. The Hall–Kier alpha value is -3.66. The van der Waals surface area contributed by atoms with Gasteiger partial charge in [-0.25, -0.2) is 4.98 Å². The Morgan fingerprint density at radius 2 is 1.65 bits per heavy atom. The van der Waals surface area contributed by atoms with Crippen LogP contribution < -0.4 is 0 Å². The quantitative estimate of drug-likeness (QED) is 0.180. The predicted octanol–water partition coefficient (Wildman–Crippen LogP) is 7.90. The summed E-state index contributed by atoms with van der Waals surface area (Å²) < 4.78 is 6.06. The van der Waals surface area contributed by atoms with Gasteiger partial charge in [0.1, 0.15) is 0 Å². The van der Waals surface area contributed by atoms with Crippen molar-refractivity contribution in [1.82, 2.24) is 15.0 Å². The van der Waals surface area contributed by atoms with Gasteiger partial charge in [-0.05, 0) is 54.9 Å². The third-order valence-electron chi connectivity index (χ3n) is 5.81. The Morgan fingerprint density at radius 1 is 0.811 bits per heavy atom. The molecule has 4 nitrogen and oxygen atoms in total. The molecule has 0 bridgehead atoms. The van der Waals surface area contributed by atoms with E-state index in [9.17, 15) is 0 Å². The van der Waals surface area contributed by atoms with E-state index >= 15 is 0 Å². The number of furan rings is 1. The minimum Gasteiger partial charge on any atom is -0.486 e. The molecule has 6 aromatic rings. The van der Waals surface area contributed by atoms with Crippen LogP contribution in [0.2, 0.25) is 0 Å². The summed E-state index contributed by atoms with van der Waals surface area (Å²) in [6.07, 6.45) is 4.69. The van der Waals surface area contributed by atoms with Crippen LogP contribution in [0.15, 0.2) is 95.7 Å². The third-order valence-corrected chi connectivity index (χ3v) is 5.81. The first-order valence-electron chi connectivity index (χ1n) is 12.1. The molecule has 4 heterocycles. The number of nitrogens with zero attached hydrogens (tertiary/aromatic N) is 3. The molecule has 0 atom stereocenters. The number of rotatable bonds is 4. The van der Waals surface area contributed by atoms with Gasteiger partial charge in [-0.15, -0.1) is 54.1 Å². The Bertz CT molecular complexity index is 1560. The van der Waals surface area contributed by atoms with Gasteiger partial charge in [0.15, 0.2) is 0 Å². The molecule has 187 valence electrons. The molecule has 0 saturated heterocycles. The number of hydrogen-bond acceptors (Lipinski definition) is 4. The first kappa shape index (κ1) is 26.4. The molecule has 6 rings (SSSR count). The van der Waals surface area contributed by atoms with Crippen LogP contribution in [-0.4, -0.2) is 15.0 Å². The van der Waals surface area contributed by atoms with Crippen LogP contribution in [0, 0.1) is 25.0 Å². The van der Waals surface area contributed by atoms with Crippen molar-refractivity contribution < 1.29 is 24.5 Å². The SMILES string of the molecule is Cc1ccc2c(n1)oc1c(-c3cc(CC(C)C)ccn3)[c-]ccc12.[Ir].[c-]1ccccc1-c1ccccn1. The van der Waals surface area contributed by atoms with Crippen molar-refractivity contribution in [3.63, 3.8) is 0 Å². The standard InChI is InChI=1S/C21H19N2O.C11H8N.Ir/c1-13(2)11-15-9-10-22-19(12-15)18-6-4-5-16-17-8-7-14(3)23-21(17)24-20(16)18;1-2-6-10(7-3-1)11-8-4-5-9-12-11;/h4-5,7-10,12-13H,11H2,1-3H3;1-6,8-9H;/q2*-1;. The summed E-state index contributed by atoms with van der Waals surface area (Å²) in [6.45, 7) is 6.41. The Kier molecular flexibility index (Phi) is 8.60. The Morgan fingerprint density at radius 3 is 2.41 bits per heavy atom. The van der Waals surface area contributed by atoms with E-state index in [0.717, 1.165) is 51.0 Å². The molecule has 0 unspecified atom stereocenters. The van der Waals surface area contributed by atoms with Crippen LogP contribution in [0.4, 0.5) is 0 Å². The van der Waals surface area contributed by atoms with Gasteiger partial charge in [-0.2, -0.15) is 0 Å². The number of hydrogen-bond donors (Lipinski definition) is 0. The van der Waals surface area contributed by atoms with Gasteiger partial charge < -0.3 is 14.4 Å². The summed E-state index contributed by atoms with van der Waals surface area (Å²) in [5.41, 5.74) is 7.51. The van der Waals surface area contributed by atoms with Gasteiger partial charge in [-0.3, -0.25) is 0 Å². The molecular formula is C32H27IrN3O-2. The van der Waals surface area contributed by atoms with E-state index in [1.54, 1.807) is 6.20 Å². The molecule has 0 N–H and O–H groups in total. The molecule has 4 aromatic heterocycles. The van der Waals surface area contributed by atoms with Crippen molar-refractivity contribution in [2.75, 3.05) is 0 Å². The summed E-state index contributed by atoms with van der Waals surface area (Å²) in [4.78, 5) is 13.3. The topological polar surface area (TPSA) is 51.8 Å². The normalized spacial score (nSPS) is 10.7. The maximum absolute atomic E-state index is 6.06. The smallest absolute Gasteiger partial charge is 0.216 e. The van der Waals surface area contributed by atoms with E-state index in [-0.39, 0.29) is 20.1 Å². The van der Waals surface area contributed by atoms with Crippen LogP contribution in [0.3, 0.4) is 0 Å². The van der Waals surface area contributed by atoms with Gasteiger partial charge in [0, 0.05) is 43.6 Å². The summed E-state index contributed by atoms with van der Waals surface area (Å²) in [6, 6.07) is 32.4. The zero-order chi connectivity index (χ0) is 24.9. The van der Waals surface area contributed by atoms with E-state index in [1.165, 1.54) is 5.56 Å². The van der Waals surface area contributed by atoms with Crippen LogP contribution >= 0.6 is 0 Å². The van der Waals surface area contributed by atoms with Gasteiger partial charge >= 0.3 is 0 Å². The minimum absolute atomic E-state index is 0. The fourth-order valence-electron chi connectivity index (χ4n) is 4.19. The first-order valence-corrected chi connectivity index (χ1v) is 12.1. The fourth-order valence-corrected chi connectivity index (χ4v) is 4.19. The maximum Gasteiger partial charge on any atom is 0.216 e. The molecule has 5 heteroatoms. The van der Waals surface area contributed by atoms with Crippen LogP contribution in [-0.2, 0) is 26.5 Å². The molecule has 0 aliphatic rings. The summed E-state index contributed by atoms with van der Waals surface area (Å²) in [5.74, 6) is 0.610. The molecule has 2 aromatic carbocycles.